The van der Waals surface area contributed by atoms with Gasteiger partial charge in [0.1, 0.15) is 0 Å². The molecule has 4 heteroatoms. The van der Waals surface area contributed by atoms with Gasteiger partial charge in [-0.1, -0.05) is 29.8 Å². The van der Waals surface area contributed by atoms with Crippen LogP contribution in [0.3, 0.4) is 0 Å². The fourth-order valence-electron chi connectivity index (χ4n) is 1.40. The van der Waals surface area contributed by atoms with Gasteiger partial charge < -0.3 is 9.88 Å². The predicted molar refractivity (Wildman–Crippen MR) is 67.2 cm³/mol. The molecule has 0 spiro atoms. The van der Waals surface area contributed by atoms with Crippen molar-refractivity contribution in [1.29, 1.82) is 0 Å². The Morgan fingerprint density at radius 1 is 1.44 bits per heavy atom. The summed E-state index contributed by atoms with van der Waals surface area (Å²) in [6.07, 6.45) is 5.45. The van der Waals surface area contributed by atoms with E-state index in [1.807, 2.05) is 41.1 Å². The first-order valence-corrected chi connectivity index (χ1v) is 5.32. The lowest BCUT2D eigenvalue weighted by Gasteiger charge is -2.09. The SMILES string of the molecule is C=CCn1ccnc1Nc1ccccc1Cl. The highest BCUT2D eigenvalue weighted by molar-refractivity contribution is 6.33. The zero-order chi connectivity index (χ0) is 11.4. The van der Waals surface area contributed by atoms with Gasteiger partial charge in [-0.3, -0.25) is 0 Å². The lowest BCUT2D eigenvalue weighted by Crippen LogP contribution is -2.02. The Labute approximate surface area is 99.4 Å². The predicted octanol–water partition coefficient (Wildman–Crippen LogP) is 3.47. The summed E-state index contributed by atoms with van der Waals surface area (Å²) >= 11 is 6.05. The summed E-state index contributed by atoms with van der Waals surface area (Å²) in [7, 11) is 0. The van der Waals surface area contributed by atoms with Crippen LogP contribution < -0.4 is 5.32 Å². The largest absolute Gasteiger partial charge is 0.324 e. The summed E-state index contributed by atoms with van der Waals surface area (Å²) in [6, 6.07) is 7.57. The Kier molecular flexibility index (Phi) is 3.27. The molecular weight excluding hydrogens is 222 g/mol. The van der Waals surface area contributed by atoms with Crippen LogP contribution in [0.15, 0.2) is 49.3 Å². The molecule has 3 nitrogen and oxygen atoms in total. The normalized spacial score (nSPS) is 10.1. The van der Waals surface area contributed by atoms with Crippen LogP contribution in [0.25, 0.3) is 0 Å². The van der Waals surface area contributed by atoms with E-state index >= 15 is 0 Å². The Morgan fingerprint density at radius 2 is 2.25 bits per heavy atom. The van der Waals surface area contributed by atoms with Crippen LogP contribution in [0, 0.1) is 0 Å². The van der Waals surface area contributed by atoms with Crippen molar-refractivity contribution in [2.24, 2.45) is 0 Å². The summed E-state index contributed by atoms with van der Waals surface area (Å²) in [6.45, 7) is 4.41. The first kappa shape index (κ1) is 10.8. The lowest BCUT2D eigenvalue weighted by atomic mass is 10.3. The molecule has 1 heterocycles. The van der Waals surface area contributed by atoms with E-state index in [4.69, 9.17) is 11.6 Å². The van der Waals surface area contributed by atoms with Gasteiger partial charge in [-0.15, -0.1) is 6.58 Å². The van der Waals surface area contributed by atoms with Gasteiger partial charge in [-0.25, -0.2) is 4.98 Å². The van der Waals surface area contributed by atoms with Crippen LogP contribution in [-0.2, 0) is 6.54 Å². The highest BCUT2D eigenvalue weighted by Crippen LogP contribution is 2.23. The van der Waals surface area contributed by atoms with Crippen LogP contribution in [0.1, 0.15) is 0 Å². The molecule has 0 bridgehead atoms. The average Bonchev–Trinajstić information content (AvgIpc) is 2.70. The maximum atomic E-state index is 6.05. The molecule has 0 fully saturated rings. The average molecular weight is 234 g/mol. The summed E-state index contributed by atoms with van der Waals surface area (Å²) < 4.78 is 1.95. The number of hydrogen-bond donors (Lipinski definition) is 1. The van der Waals surface area contributed by atoms with Gasteiger partial charge in [0.15, 0.2) is 0 Å². The Hall–Kier alpha value is -1.74. The van der Waals surface area contributed by atoms with Gasteiger partial charge in [-0.05, 0) is 12.1 Å². The van der Waals surface area contributed by atoms with Crippen LogP contribution in [0.4, 0.5) is 11.6 Å². The van der Waals surface area contributed by atoms with Gasteiger partial charge in [0, 0.05) is 18.9 Å². The number of rotatable bonds is 4. The van der Waals surface area contributed by atoms with Crippen LogP contribution in [0.5, 0.6) is 0 Å². The third-order valence-corrected chi connectivity index (χ3v) is 2.49. The summed E-state index contributed by atoms with van der Waals surface area (Å²) in [5, 5.41) is 3.85. The molecule has 0 saturated heterocycles. The molecule has 2 aromatic rings. The maximum Gasteiger partial charge on any atom is 0.207 e. The van der Waals surface area contributed by atoms with Gasteiger partial charge in [-0.2, -0.15) is 0 Å². The minimum absolute atomic E-state index is 0.677. The van der Waals surface area contributed by atoms with E-state index in [1.165, 1.54) is 0 Å². The van der Waals surface area contributed by atoms with E-state index in [-0.39, 0.29) is 0 Å². The molecular formula is C12H12ClN3. The lowest BCUT2D eigenvalue weighted by molar-refractivity contribution is 0.833. The molecule has 1 N–H and O–H groups in total. The minimum Gasteiger partial charge on any atom is -0.324 e. The van der Waals surface area contributed by atoms with E-state index < -0.39 is 0 Å². The number of imidazole rings is 1. The highest BCUT2D eigenvalue weighted by Gasteiger charge is 2.03. The Bertz CT molecular complexity index is 491. The number of halogens is 1. The van der Waals surface area contributed by atoms with E-state index in [9.17, 15) is 0 Å². The first-order chi connectivity index (χ1) is 7.81. The van der Waals surface area contributed by atoms with Crippen molar-refractivity contribution in [2.45, 2.75) is 6.54 Å². The Morgan fingerprint density at radius 3 is 3.00 bits per heavy atom. The quantitative estimate of drug-likeness (QED) is 0.820. The molecule has 0 amide bonds. The van der Waals surface area contributed by atoms with Crippen LogP contribution in [0.2, 0.25) is 5.02 Å². The van der Waals surface area contributed by atoms with E-state index in [0.29, 0.717) is 11.6 Å². The topological polar surface area (TPSA) is 29.9 Å². The number of para-hydroxylation sites is 1. The van der Waals surface area contributed by atoms with Crippen molar-refractivity contribution in [3.8, 4) is 0 Å². The number of benzene rings is 1. The second-order valence-corrected chi connectivity index (χ2v) is 3.70. The molecule has 2 rings (SSSR count). The Balaban J connectivity index is 2.23. The van der Waals surface area contributed by atoms with Crippen molar-refractivity contribution in [2.75, 3.05) is 5.32 Å². The molecule has 0 atom stereocenters. The number of anilines is 2. The van der Waals surface area contributed by atoms with E-state index in [2.05, 4.69) is 16.9 Å². The monoisotopic (exact) mass is 233 g/mol. The number of allylic oxidation sites excluding steroid dienone is 1. The molecule has 0 saturated carbocycles. The van der Waals surface area contributed by atoms with E-state index in [1.54, 1.807) is 6.20 Å². The molecule has 0 radical (unpaired) electrons. The fourth-order valence-corrected chi connectivity index (χ4v) is 1.59. The van der Waals surface area contributed by atoms with E-state index in [0.717, 1.165) is 11.6 Å². The maximum absolute atomic E-state index is 6.05. The van der Waals surface area contributed by atoms with Crippen molar-refractivity contribution in [3.63, 3.8) is 0 Å². The zero-order valence-electron chi connectivity index (χ0n) is 8.73. The van der Waals surface area contributed by atoms with Gasteiger partial charge in [0.05, 0.1) is 10.7 Å². The molecule has 0 aliphatic heterocycles. The van der Waals surface area contributed by atoms with Gasteiger partial charge in [0.2, 0.25) is 5.95 Å². The van der Waals surface area contributed by atoms with Gasteiger partial charge in [0.25, 0.3) is 0 Å². The molecule has 1 aromatic heterocycles. The number of hydrogen-bond acceptors (Lipinski definition) is 2. The smallest absolute Gasteiger partial charge is 0.207 e. The first-order valence-electron chi connectivity index (χ1n) is 4.95. The van der Waals surface area contributed by atoms with Crippen LogP contribution in [-0.4, -0.2) is 9.55 Å². The van der Waals surface area contributed by atoms with Crippen LogP contribution >= 0.6 is 11.6 Å². The second-order valence-electron chi connectivity index (χ2n) is 3.30. The third-order valence-electron chi connectivity index (χ3n) is 2.16. The molecule has 0 unspecified atom stereocenters. The summed E-state index contributed by atoms with van der Waals surface area (Å²) in [5.41, 5.74) is 0.848. The van der Waals surface area contributed by atoms with Crippen molar-refractivity contribution < 1.29 is 0 Å². The highest BCUT2D eigenvalue weighted by atomic mass is 35.5. The minimum atomic E-state index is 0.677. The summed E-state index contributed by atoms with van der Waals surface area (Å²) in [4.78, 5) is 4.22. The fraction of sp³-hybridized carbons (Fsp3) is 0.0833. The molecule has 0 aliphatic rings. The van der Waals surface area contributed by atoms with Crippen molar-refractivity contribution in [3.05, 3.63) is 54.3 Å². The number of aromatic nitrogens is 2. The molecule has 16 heavy (non-hydrogen) atoms. The zero-order valence-corrected chi connectivity index (χ0v) is 9.48. The standard InChI is InChI=1S/C12H12ClN3/c1-2-8-16-9-7-14-12(16)15-11-6-4-3-5-10(11)13/h2-7,9H,1,8H2,(H,14,15). The number of nitrogens with zero attached hydrogens (tertiary/aromatic N) is 2. The van der Waals surface area contributed by atoms with Crippen molar-refractivity contribution in [1.82, 2.24) is 9.55 Å². The second kappa shape index (κ2) is 4.86. The molecule has 1 aromatic carbocycles. The molecule has 0 aliphatic carbocycles. The van der Waals surface area contributed by atoms with Crippen molar-refractivity contribution >= 4 is 23.2 Å². The number of nitrogens with one attached hydrogen (secondary N) is 1. The van der Waals surface area contributed by atoms with Gasteiger partial charge >= 0.3 is 0 Å². The molecule has 82 valence electrons. The summed E-state index contributed by atoms with van der Waals surface area (Å²) in [5.74, 6) is 0.757. The third kappa shape index (κ3) is 2.25.